The summed E-state index contributed by atoms with van der Waals surface area (Å²) in [6.45, 7) is 0. The molecule has 2 heteroatoms. The molecule has 0 heterocycles. The Morgan fingerprint density at radius 3 is 2.29 bits per heavy atom. The van der Waals surface area contributed by atoms with Crippen molar-refractivity contribution in [2.24, 2.45) is 0 Å². The number of aliphatic hydroxyl groups is 1. The molecule has 1 aliphatic carbocycles. The van der Waals surface area contributed by atoms with Gasteiger partial charge in [0.15, 0.2) is 0 Å². The van der Waals surface area contributed by atoms with E-state index in [1.807, 2.05) is 6.07 Å². The Kier molecular flexibility index (Phi) is 4.11. The van der Waals surface area contributed by atoms with Crippen LogP contribution in [0, 0.1) is 0 Å². The molecular weight excluding hydrogens is 176 g/mol. The predicted octanol–water partition coefficient (Wildman–Crippen LogP) is 1.88. The second-order valence-corrected chi connectivity index (χ2v) is 3.87. The monoisotopic (exact) mass is 194 g/mol. The normalized spacial score (nSPS) is 26.6. The van der Waals surface area contributed by atoms with Gasteiger partial charge in [-0.15, -0.1) is 0 Å². The maximum atomic E-state index is 9.82. The standard InChI is InChI=1S/C12H16O.H2O/c13-12-9-5-4-8-11(12)10-6-2-1-3-7-10;/h1-3,6-7,11-13H,4-5,8-9H2;1H2. The van der Waals surface area contributed by atoms with Gasteiger partial charge in [0.25, 0.3) is 0 Å². The summed E-state index contributed by atoms with van der Waals surface area (Å²) in [7, 11) is 0. The minimum Gasteiger partial charge on any atom is -0.412 e. The Morgan fingerprint density at radius 2 is 1.64 bits per heavy atom. The first-order valence-electron chi connectivity index (χ1n) is 5.11. The topological polar surface area (TPSA) is 51.7 Å². The van der Waals surface area contributed by atoms with Crippen LogP contribution in [0.4, 0.5) is 0 Å². The summed E-state index contributed by atoms with van der Waals surface area (Å²) in [5, 5.41) is 9.82. The maximum Gasteiger partial charge on any atom is 0.0608 e. The molecule has 0 saturated heterocycles. The highest BCUT2D eigenvalue weighted by Gasteiger charge is 2.23. The Labute approximate surface area is 84.9 Å². The van der Waals surface area contributed by atoms with Gasteiger partial charge < -0.3 is 10.6 Å². The summed E-state index contributed by atoms with van der Waals surface area (Å²) in [4.78, 5) is 0. The first kappa shape index (κ1) is 11.2. The van der Waals surface area contributed by atoms with E-state index < -0.39 is 0 Å². The van der Waals surface area contributed by atoms with Crippen LogP contribution in [0.15, 0.2) is 30.3 Å². The van der Waals surface area contributed by atoms with Gasteiger partial charge in [0.2, 0.25) is 0 Å². The molecule has 1 fully saturated rings. The van der Waals surface area contributed by atoms with Gasteiger partial charge in [0.05, 0.1) is 6.10 Å². The summed E-state index contributed by atoms with van der Waals surface area (Å²) >= 11 is 0. The number of rotatable bonds is 1. The van der Waals surface area contributed by atoms with Gasteiger partial charge in [-0.1, -0.05) is 43.2 Å². The number of hydrogen-bond acceptors (Lipinski definition) is 1. The maximum absolute atomic E-state index is 9.82. The smallest absolute Gasteiger partial charge is 0.0608 e. The van der Waals surface area contributed by atoms with Crippen LogP contribution in [0.5, 0.6) is 0 Å². The average molecular weight is 194 g/mol. The molecule has 2 rings (SSSR count). The van der Waals surface area contributed by atoms with Crippen molar-refractivity contribution < 1.29 is 10.6 Å². The fraction of sp³-hybridized carbons (Fsp3) is 0.500. The van der Waals surface area contributed by atoms with Gasteiger partial charge in [-0.3, -0.25) is 0 Å². The van der Waals surface area contributed by atoms with E-state index in [0.29, 0.717) is 5.92 Å². The van der Waals surface area contributed by atoms with Gasteiger partial charge in [-0.05, 0) is 18.4 Å². The minimum atomic E-state index is -0.115. The molecule has 2 atom stereocenters. The van der Waals surface area contributed by atoms with E-state index in [9.17, 15) is 5.11 Å². The zero-order valence-electron chi connectivity index (χ0n) is 8.32. The molecule has 1 saturated carbocycles. The van der Waals surface area contributed by atoms with Crippen LogP contribution >= 0.6 is 0 Å². The van der Waals surface area contributed by atoms with Crippen molar-refractivity contribution in [3.63, 3.8) is 0 Å². The van der Waals surface area contributed by atoms with Crippen molar-refractivity contribution in [3.05, 3.63) is 35.9 Å². The van der Waals surface area contributed by atoms with E-state index in [0.717, 1.165) is 12.8 Å². The third-order valence-corrected chi connectivity index (χ3v) is 2.96. The lowest BCUT2D eigenvalue weighted by atomic mass is 9.82. The predicted molar refractivity (Wildman–Crippen MR) is 57.3 cm³/mol. The molecule has 2 nitrogen and oxygen atoms in total. The summed E-state index contributed by atoms with van der Waals surface area (Å²) in [5.41, 5.74) is 1.30. The van der Waals surface area contributed by atoms with Gasteiger partial charge in [-0.2, -0.15) is 0 Å². The third-order valence-electron chi connectivity index (χ3n) is 2.96. The third kappa shape index (κ3) is 2.34. The molecule has 1 aliphatic rings. The Balaban J connectivity index is 0.000000980. The molecule has 0 aliphatic heterocycles. The van der Waals surface area contributed by atoms with E-state index in [1.54, 1.807) is 0 Å². The highest BCUT2D eigenvalue weighted by Crippen LogP contribution is 2.32. The average Bonchev–Trinajstić information content (AvgIpc) is 2.20. The second kappa shape index (κ2) is 5.13. The SMILES string of the molecule is O.OC1CCCCC1c1ccccc1. The molecule has 1 aromatic rings. The molecule has 0 amide bonds. The van der Waals surface area contributed by atoms with Crippen molar-refractivity contribution in [1.82, 2.24) is 0 Å². The fourth-order valence-electron chi connectivity index (χ4n) is 2.20. The van der Waals surface area contributed by atoms with Crippen molar-refractivity contribution in [3.8, 4) is 0 Å². The molecule has 2 unspecified atom stereocenters. The minimum absolute atomic E-state index is 0. The van der Waals surface area contributed by atoms with Crippen molar-refractivity contribution in [2.45, 2.75) is 37.7 Å². The van der Waals surface area contributed by atoms with Crippen LogP contribution in [0.1, 0.15) is 37.2 Å². The van der Waals surface area contributed by atoms with Crippen molar-refractivity contribution >= 4 is 0 Å². The van der Waals surface area contributed by atoms with Crippen LogP contribution in [-0.2, 0) is 0 Å². The van der Waals surface area contributed by atoms with E-state index in [2.05, 4.69) is 24.3 Å². The zero-order chi connectivity index (χ0) is 9.10. The van der Waals surface area contributed by atoms with Gasteiger partial charge in [0.1, 0.15) is 0 Å². The summed E-state index contributed by atoms with van der Waals surface area (Å²) in [6, 6.07) is 10.4. The molecule has 0 aromatic heterocycles. The van der Waals surface area contributed by atoms with Gasteiger partial charge >= 0.3 is 0 Å². The quantitative estimate of drug-likeness (QED) is 0.729. The van der Waals surface area contributed by atoms with Crippen LogP contribution < -0.4 is 0 Å². The van der Waals surface area contributed by atoms with Crippen LogP contribution in [0.2, 0.25) is 0 Å². The van der Waals surface area contributed by atoms with E-state index >= 15 is 0 Å². The van der Waals surface area contributed by atoms with E-state index in [-0.39, 0.29) is 11.6 Å². The molecule has 0 spiro atoms. The Morgan fingerprint density at radius 1 is 1.00 bits per heavy atom. The highest BCUT2D eigenvalue weighted by atomic mass is 16.3. The zero-order valence-corrected chi connectivity index (χ0v) is 8.32. The van der Waals surface area contributed by atoms with E-state index in [1.165, 1.54) is 18.4 Å². The molecule has 78 valence electrons. The van der Waals surface area contributed by atoms with E-state index in [4.69, 9.17) is 0 Å². The number of hydrogen-bond donors (Lipinski definition) is 1. The summed E-state index contributed by atoms with van der Waals surface area (Å²) in [5.74, 6) is 0.384. The van der Waals surface area contributed by atoms with Crippen molar-refractivity contribution in [2.75, 3.05) is 0 Å². The Bertz CT molecular complexity index is 258. The molecular formula is C12H18O2. The molecule has 1 aromatic carbocycles. The molecule has 14 heavy (non-hydrogen) atoms. The fourth-order valence-corrected chi connectivity index (χ4v) is 2.20. The van der Waals surface area contributed by atoms with Crippen LogP contribution in [-0.4, -0.2) is 16.7 Å². The lowest BCUT2D eigenvalue weighted by Gasteiger charge is -2.27. The summed E-state index contributed by atoms with van der Waals surface area (Å²) < 4.78 is 0. The molecule has 0 radical (unpaired) electrons. The lowest BCUT2D eigenvalue weighted by molar-refractivity contribution is 0.106. The number of benzene rings is 1. The molecule has 0 bridgehead atoms. The van der Waals surface area contributed by atoms with Crippen LogP contribution in [0.3, 0.4) is 0 Å². The first-order valence-corrected chi connectivity index (χ1v) is 5.11. The lowest BCUT2D eigenvalue weighted by Crippen LogP contribution is -2.22. The number of aliphatic hydroxyl groups excluding tert-OH is 1. The van der Waals surface area contributed by atoms with Gasteiger partial charge in [-0.25, -0.2) is 0 Å². The highest BCUT2D eigenvalue weighted by molar-refractivity contribution is 5.21. The largest absolute Gasteiger partial charge is 0.412 e. The molecule has 3 N–H and O–H groups in total. The first-order chi connectivity index (χ1) is 6.38. The second-order valence-electron chi connectivity index (χ2n) is 3.87. The van der Waals surface area contributed by atoms with Crippen molar-refractivity contribution in [1.29, 1.82) is 0 Å². The summed E-state index contributed by atoms with van der Waals surface area (Å²) in [6.07, 6.45) is 4.45. The Hall–Kier alpha value is -0.860. The van der Waals surface area contributed by atoms with Crippen LogP contribution in [0.25, 0.3) is 0 Å². The van der Waals surface area contributed by atoms with Gasteiger partial charge in [0, 0.05) is 5.92 Å².